The molecule has 0 aliphatic heterocycles. The molecule has 1 heterocycles. The summed E-state index contributed by atoms with van der Waals surface area (Å²) >= 11 is 5.16. The Labute approximate surface area is 134 Å². The van der Waals surface area contributed by atoms with Gasteiger partial charge in [0, 0.05) is 15.5 Å². The van der Waals surface area contributed by atoms with Crippen LogP contribution >= 0.6 is 27.3 Å². The molecule has 3 aromatic carbocycles. The maximum atomic E-state index is 4.64. The predicted octanol–water partition coefficient (Wildman–Crippen LogP) is 5.96. The van der Waals surface area contributed by atoms with Gasteiger partial charge in [-0.2, -0.15) is 0 Å². The van der Waals surface area contributed by atoms with Gasteiger partial charge in [-0.25, -0.2) is 4.98 Å². The summed E-state index contributed by atoms with van der Waals surface area (Å²) in [6.07, 6.45) is 0. The van der Waals surface area contributed by atoms with E-state index in [1.165, 1.54) is 15.5 Å². The van der Waals surface area contributed by atoms with Gasteiger partial charge < -0.3 is 5.32 Å². The fourth-order valence-corrected chi connectivity index (χ4v) is 3.83. The SMILES string of the molecule is Brc1ccc2nc(Nc3cccc4ccccc34)sc2c1. The molecular weight excluding hydrogens is 344 g/mol. The first-order chi connectivity index (χ1) is 10.3. The molecule has 0 atom stereocenters. The molecule has 0 unspecified atom stereocenters. The molecule has 102 valence electrons. The number of fused-ring (bicyclic) bond motifs is 2. The zero-order chi connectivity index (χ0) is 14.2. The molecular formula is C17H11BrN2S. The van der Waals surface area contributed by atoms with Crippen LogP contribution in [0.5, 0.6) is 0 Å². The molecule has 0 fully saturated rings. The first-order valence-electron chi connectivity index (χ1n) is 6.60. The number of hydrogen-bond acceptors (Lipinski definition) is 3. The molecule has 0 aliphatic carbocycles. The average Bonchev–Trinajstić information content (AvgIpc) is 2.89. The van der Waals surface area contributed by atoms with Crippen LogP contribution in [0.4, 0.5) is 10.8 Å². The van der Waals surface area contributed by atoms with Gasteiger partial charge in [-0.3, -0.25) is 0 Å². The van der Waals surface area contributed by atoms with E-state index in [1.807, 2.05) is 12.1 Å². The van der Waals surface area contributed by atoms with Crippen LogP contribution in [0.1, 0.15) is 0 Å². The molecule has 0 spiro atoms. The van der Waals surface area contributed by atoms with Gasteiger partial charge in [-0.05, 0) is 29.7 Å². The summed E-state index contributed by atoms with van der Waals surface area (Å²) in [5, 5.41) is 6.80. The van der Waals surface area contributed by atoms with Crippen molar-refractivity contribution in [3.05, 3.63) is 65.1 Å². The number of aromatic nitrogens is 1. The van der Waals surface area contributed by atoms with Crippen molar-refractivity contribution in [2.24, 2.45) is 0 Å². The van der Waals surface area contributed by atoms with Crippen LogP contribution in [0.15, 0.2) is 65.1 Å². The Kier molecular flexibility index (Phi) is 3.13. The van der Waals surface area contributed by atoms with E-state index >= 15 is 0 Å². The molecule has 4 aromatic rings. The molecule has 21 heavy (non-hydrogen) atoms. The Morgan fingerprint density at radius 2 is 1.81 bits per heavy atom. The zero-order valence-electron chi connectivity index (χ0n) is 11.0. The smallest absolute Gasteiger partial charge is 0.188 e. The largest absolute Gasteiger partial charge is 0.331 e. The number of nitrogens with zero attached hydrogens (tertiary/aromatic N) is 1. The quantitative estimate of drug-likeness (QED) is 0.480. The second kappa shape index (κ2) is 5.13. The number of anilines is 2. The number of thiazole rings is 1. The summed E-state index contributed by atoms with van der Waals surface area (Å²) in [5.41, 5.74) is 2.11. The van der Waals surface area contributed by atoms with E-state index in [0.717, 1.165) is 20.8 Å². The summed E-state index contributed by atoms with van der Waals surface area (Å²) < 4.78 is 2.25. The lowest BCUT2D eigenvalue weighted by Gasteiger charge is -2.06. The van der Waals surface area contributed by atoms with Crippen LogP contribution in [-0.4, -0.2) is 4.98 Å². The monoisotopic (exact) mass is 354 g/mol. The fraction of sp³-hybridized carbons (Fsp3) is 0. The van der Waals surface area contributed by atoms with Gasteiger partial charge in [0.15, 0.2) is 5.13 Å². The van der Waals surface area contributed by atoms with E-state index in [9.17, 15) is 0 Å². The highest BCUT2D eigenvalue weighted by molar-refractivity contribution is 9.10. The highest BCUT2D eigenvalue weighted by Gasteiger charge is 2.06. The van der Waals surface area contributed by atoms with E-state index in [2.05, 4.69) is 74.8 Å². The van der Waals surface area contributed by atoms with Crippen molar-refractivity contribution in [3.8, 4) is 0 Å². The molecule has 2 nitrogen and oxygen atoms in total. The van der Waals surface area contributed by atoms with Crippen molar-refractivity contribution >= 4 is 59.1 Å². The third-order valence-corrected chi connectivity index (χ3v) is 4.81. The number of halogens is 1. The lowest BCUT2D eigenvalue weighted by atomic mass is 10.1. The molecule has 4 rings (SSSR count). The summed E-state index contributed by atoms with van der Waals surface area (Å²) in [6, 6.07) is 20.8. The minimum absolute atomic E-state index is 0.916. The Bertz CT molecular complexity index is 940. The van der Waals surface area contributed by atoms with Crippen LogP contribution in [0, 0.1) is 0 Å². The maximum Gasteiger partial charge on any atom is 0.188 e. The van der Waals surface area contributed by atoms with E-state index in [4.69, 9.17) is 0 Å². The van der Waals surface area contributed by atoms with Crippen LogP contribution in [0.3, 0.4) is 0 Å². The Morgan fingerprint density at radius 1 is 0.952 bits per heavy atom. The number of nitrogens with one attached hydrogen (secondary N) is 1. The van der Waals surface area contributed by atoms with Gasteiger partial charge in [-0.15, -0.1) is 0 Å². The Balaban J connectivity index is 1.79. The molecule has 1 aromatic heterocycles. The minimum atomic E-state index is 0.916. The predicted molar refractivity (Wildman–Crippen MR) is 94.6 cm³/mol. The lowest BCUT2D eigenvalue weighted by Crippen LogP contribution is -1.90. The lowest BCUT2D eigenvalue weighted by molar-refractivity contribution is 1.45. The van der Waals surface area contributed by atoms with Crippen LogP contribution < -0.4 is 5.32 Å². The second-order valence-electron chi connectivity index (χ2n) is 4.78. The van der Waals surface area contributed by atoms with Crippen LogP contribution in [0.2, 0.25) is 0 Å². The minimum Gasteiger partial charge on any atom is -0.331 e. The summed E-state index contributed by atoms with van der Waals surface area (Å²) in [4.78, 5) is 4.64. The summed E-state index contributed by atoms with van der Waals surface area (Å²) in [6.45, 7) is 0. The molecule has 0 saturated carbocycles. The molecule has 1 N–H and O–H groups in total. The van der Waals surface area contributed by atoms with Gasteiger partial charge in [0.05, 0.1) is 10.2 Å². The molecule has 0 amide bonds. The van der Waals surface area contributed by atoms with Gasteiger partial charge in [0.25, 0.3) is 0 Å². The van der Waals surface area contributed by atoms with Crippen LogP contribution in [-0.2, 0) is 0 Å². The third-order valence-electron chi connectivity index (χ3n) is 3.38. The van der Waals surface area contributed by atoms with E-state index in [0.29, 0.717) is 0 Å². The van der Waals surface area contributed by atoms with Crippen molar-refractivity contribution in [2.75, 3.05) is 5.32 Å². The van der Waals surface area contributed by atoms with Crippen molar-refractivity contribution in [3.63, 3.8) is 0 Å². The molecule has 0 radical (unpaired) electrons. The van der Waals surface area contributed by atoms with Crippen molar-refractivity contribution in [2.45, 2.75) is 0 Å². The fourth-order valence-electron chi connectivity index (χ4n) is 2.40. The average molecular weight is 355 g/mol. The van der Waals surface area contributed by atoms with Crippen molar-refractivity contribution in [1.29, 1.82) is 0 Å². The van der Waals surface area contributed by atoms with E-state index in [1.54, 1.807) is 11.3 Å². The van der Waals surface area contributed by atoms with E-state index in [-0.39, 0.29) is 0 Å². The highest BCUT2D eigenvalue weighted by Crippen LogP contribution is 2.32. The maximum absolute atomic E-state index is 4.64. The topological polar surface area (TPSA) is 24.9 Å². The molecule has 0 saturated heterocycles. The third kappa shape index (κ3) is 2.41. The normalized spacial score (nSPS) is 11.1. The first-order valence-corrected chi connectivity index (χ1v) is 8.21. The summed E-state index contributed by atoms with van der Waals surface area (Å²) in [7, 11) is 0. The van der Waals surface area contributed by atoms with E-state index < -0.39 is 0 Å². The first kappa shape index (κ1) is 12.8. The summed E-state index contributed by atoms with van der Waals surface area (Å²) in [5.74, 6) is 0. The highest BCUT2D eigenvalue weighted by atomic mass is 79.9. The Morgan fingerprint density at radius 3 is 2.76 bits per heavy atom. The molecule has 4 heteroatoms. The van der Waals surface area contributed by atoms with Crippen molar-refractivity contribution in [1.82, 2.24) is 4.98 Å². The second-order valence-corrected chi connectivity index (χ2v) is 6.73. The van der Waals surface area contributed by atoms with Crippen molar-refractivity contribution < 1.29 is 0 Å². The number of rotatable bonds is 2. The standard InChI is InChI=1S/C17H11BrN2S/c18-12-8-9-15-16(10-12)21-17(20-15)19-14-7-3-5-11-4-1-2-6-13(11)14/h1-10H,(H,19,20). The molecule has 0 aliphatic rings. The number of benzene rings is 3. The zero-order valence-corrected chi connectivity index (χ0v) is 13.4. The van der Waals surface area contributed by atoms with Gasteiger partial charge in [0.1, 0.15) is 0 Å². The van der Waals surface area contributed by atoms with Gasteiger partial charge in [0.2, 0.25) is 0 Å². The van der Waals surface area contributed by atoms with Crippen LogP contribution in [0.25, 0.3) is 21.0 Å². The van der Waals surface area contributed by atoms with Gasteiger partial charge in [-0.1, -0.05) is 63.7 Å². The Hall–Kier alpha value is -1.91. The number of hydrogen-bond donors (Lipinski definition) is 1. The van der Waals surface area contributed by atoms with Gasteiger partial charge >= 0.3 is 0 Å². The molecule has 0 bridgehead atoms.